The Morgan fingerprint density at radius 2 is 1.34 bits per heavy atom. The van der Waals surface area contributed by atoms with Crippen LogP contribution in [0.3, 0.4) is 0 Å². The van der Waals surface area contributed by atoms with Gasteiger partial charge in [-0.2, -0.15) is 0 Å². The standard InChI is InChI=1S/C24H19N3O2/c1-16-7-2-3-12-20(16)26-23(28)18-9-4-10-19(15-18)24(29)27-21-13-5-8-17-11-6-14-25-22(17)21/h2-15H,1H3,(H,26,28)(H,27,29). The average molecular weight is 381 g/mol. The van der Waals surface area contributed by atoms with Crippen LogP contribution in [0.1, 0.15) is 26.3 Å². The molecule has 0 saturated heterocycles. The summed E-state index contributed by atoms with van der Waals surface area (Å²) in [6.45, 7) is 1.93. The lowest BCUT2D eigenvalue weighted by Crippen LogP contribution is -2.16. The van der Waals surface area contributed by atoms with Crippen molar-refractivity contribution in [3.8, 4) is 0 Å². The molecule has 5 nitrogen and oxygen atoms in total. The van der Waals surface area contributed by atoms with Crippen LogP contribution < -0.4 is 10.6 Å². The zero-order chi connectivity index (χ0) is 20.2. The van der Waals surface area contributed by atoms with Crippen molar-refractivity contribution in [1.29, 1.82) is 0 Å². The van der Waals surface area contributed by atoms with Crippen LogP contribution in [0.2, 0.25) is 0 Å². The molecular formula is C24H19N3O2. The van der Waals surface area contributed by atoms with Gasteiger partial charge in [0.25, 0.3) is 11.8 Å². The van der Waals surface area contributed by atoms with E-state index in [1.54, 1.807) is 30.5 Å². The van der Waals surface area contributed by atoms with Crippen LogP contribution in [0.15, 0.2) is 85.1 Å². The maximum Gasteiger partial charge on any atom is 0.255 e. The molecule has 0 aliphatic carbocycles. The third-order valence-electron chi connectivity index (χ3n) is 4.66. The lowest BCUT2D eigenvalue weighted by atomic mass is 10.1. The Morgan fingerprint density at radius 1 is 0.724 bits per heavy atom. The van der Waals surface area contributed by atoms with Gasteiger partial charge in [-0.1, -0.05) is 42.5 Å². The predicted molar refractivity (Wildman–Crippen MR) is 115 cm³/mol. The minimum absolute atomic E-state index is 0.263. The number of nitrogens with one attached hydrogen (secondary N) is 2. The van der Waals surface area contributed by atoms with Crippen LogP contribution in [0.5, 0.6) is 0 Å². The summed E-state index contributed by atoms with van der Waals surface area (Å²) in [6, 6.07) is 23.6. The van der Waals surface area contributed by atoms with Crippen molar-refractivity contribution in [3.63, 3.8) is 0 Å². The van der Waals surface area contributed by atoms with Gasteiger partial charge in [0.2, 0.25) is 0 Å². The Balaban J connectivity index is 1.56. The van der Waals surface area contributed by atoms with E-state index in [1.807, 2.05) is 61.5 Å². The number of para-hydroxylation sites is 2. The van der Waals surface area contributed by atoms with E-state index < -0.39 is 0 Å². The van der Waals surface area contributed by atoms with Crippen molar-refractivity contribution < 1.29 is 9.59 Å². The van der Waals surface area contributed by atoms with Gasteiger partial charge in [0.15, 0.2) is 0 Å². The molecule has 0 spiro atoms. The largest absolute Gasteiger partial charge is 0.322 e. The van der Waals surface area contributed by atoms with Crippen LogP contribution in [0, 0.1) is 6.92 Å². The van der Waals surface area contributed by atoms with E-state index in [0.717, 1.165) is 22.2 Å². The first-order chi connectivity index (χ1) is 14.1. The Morgan fingerprint density at radius 3 is 2.10 bits per heavy atom. The number of carbonyl (C=O) groups excluding carboxylic acids is 2. The van der Waals surface area contributed by atoms with E-state index in [2.05, 4.69) is 15.6 Å². The molecule has 3 aromatic carbocycles. The first-order valence-corrected chi connectivity index (χ1v) is 9.24. The second kappa shape index (κ2) is 7.94. The summed E-state index contributed by atoms with van der Waals surface area (Å²) in [4.78, 5) is 29.7. The van der Waals surface area contributed by atoms with Crippen molar-refractivity contribution >= 4 is 34.1 Å². The first-order valence-electron chi connectivity index (χ1n) is 9.24. The Labute approximate surface area is 168 Å². The SMILES string of the molecule is Cc1ccccc1NC(=O)c1cccc(C(=O)Nc2cccc3cccnc23)c1. The second-order valence-electron chi connectivity index (χ2n) is 6.68. The summed E-state index contributed by atoms with van der Waals surface area (Å²) >= 11 is 0. The number of pyridine rings is 1. The number of rotatable bonds is 4. The van der Waals surface area contributed by atoms with Crippen molar-refractivity contribution in [3.05, 3.63) is 102 Å². The molecule has 1 heterocycles. The summed E-state index contributed by atoms with van der Waals surface area (Å²) < 4.78 is 0. The van der Waals surface area contributed by atoms with Gasteiger partial charge in [0.05, 0.1) is 11.2 Å². The molecule has 0 bridgehead atoms. The van der Waals surface area contributed by atoms with Crippen molar-refractivity contribution in [2.24, 2.45) is 0 Å². The molecule has 0 unspecified atom stereocenters. The fourth-order valence-corrected chi connectivity index (χ4v) is 3.11. The fraction of sp³-hybridized carbons (Fsp3) is 0.0417. The highest BCUT2D eigenvalue weighted by molar-refractivity contribution is 6.10. The number of aromatic nitrogens is 1. The monoisotopic (exact) mass is 381 g/mol. The van der Waals surface area contributed by atoms with Gasteiger partial charge >= 0.3 is 0 Å². The molecule has 0 aliphatic heterocycles. The minimum Gasteiger partial charge on any atom is -0.322 e. The van der Waals surface area contributed by atoms with Crippen molar-refractivity contribution in [1.82, 2.24) is 4.98 Å². The molecule has 0 saturated carbocycles. The predicted octanol–water partition coefficient (Wildman–Crippen LogP) is 5.05. The highest BCUT2D eigenvalue weighted by atomic mass is 16.2. The van der Waals surface area contributed by atoms with Gasteiger partial charge in [0, 0.05) is 28.4 Å². The van der Waals surface area contributed by atoms with E-state index in [1.165, 1.54) is 0 Å². The van der Waals surface area contributed by atoms with Crippen LogP contribution in [-0.2, 0) is 0 Å². The molecule has 0 aliphatic rings. The second-order valence-corrected chi connectivity index (χ2v) is 6.68. The molecule has 0 radical (unpaired) electrons. The van der Waals surface area contributed by atoms with E-state index in [-0.39, 0.29) is 11.8 Å². The van der Waals surface area contributed by atoms with E-state index >= 15 is 0 Å². The number of fused-ring (bicyclic) bond motifs is 1. The van der Waals surface area contributed by atoms with Gasteiger partial charge in [0.1, 0.15) is 0 Å². The van der Waals surface area contributed by atoms with Gasteiger partial charge in [-0.25, -0.2) is 0 Å². The summed E-state index contributed by atoms with van der Waals surface area (Å²) in [6.07, 6.45) is 1.69. The summed E-state index contributed by atoms with van der Waals surface area (Å²) in [5, 5.41) is 6.72. The van der Waals surface area contributed by atoms with E-state index in [4.69, 9.17) is 0 Å². The maximum atomic E-state index is 12.8. The zero-order valence-electron chi connectivity index (χ0n) is 15.8. The van der Waals surface area contributed by atoms with Crippen LogP contribution in [-0.4, -0.2) is 16.8 Å². The molecule has 142 valence electrons. The summed E-state index contributed by atoms with van der Waals surface area (Å²) in [7, 11) is 0. The summed E-state index contributed by atoms with van der Waals surface area (Å²) in [5.74, 6) is -0.561. The van der Waals surface area contributed by atoms with Gasteiger partial charge in [-0.3, -0.25) is 14.6 Å². The van der Waals surface area contributed by atoms with E-state index in [9.17, 15) is 9.59 Å². The van der Waals surface area contributed by atoms with Crippen molar-refractivity contribution in [2.45, 2.75) is 6.92 Å². The number of hydrogen-bond acceptors (Lipinski definition) is 3. The number of aryl methyl sites for hydroxylation is 1. The number of benzene rings is 3. The minimum atomic E-state index is -0.298. The van der Waals surface area contributed by atoms with E-state index in [0.29, 0.717) is 16.8 Å². The molecule has 1 aromatic heterocycles. The third kappa shape index (κ3) is 3.99. The topological polar surface area (TPSA) is 71.1 Å². The number of anilines is 2. The molecule has 2 N–H and O–H groups in total. The number of amides is 2. The first kappa shape index (κ1) is 18.4. The highest BCUT2D eigenvalue weighted by Crippen LogP contribution is 2.22. The molecule has 4 aromatic rings. The van der Waals surface area contributed by atoms with Gasteiger partial charge in [-0.15, -0.1) is 0 Å². The Hall–Kier alpha value is -3.99. The normalized spacial score (nSPS) is 10.5. The smallest absolute Gasteiger partial charge is 0.255 e. The number of hydrogen-bond donors (Lipinski definition) is 2. The fourth-order valence-electron chi connectivity index (χ4n) is 3.11. The number of carbonyl (C=O) groups is 2. The molecule has 5 heteroatoms. The maximum absolute atomic E-state index is 12.8. The average Bonchev–Trinajstić information content (AvgIpc) is 2.75. The summed E-state index contributed by atoms with van der Waals surface area (Å²) in [5.41, 5.74) is 3.87. The zero-order valence-corrected chi connectivity index (χ0v) is 15.8. The molecule has 29 heavy (non-hydrogen) atoms. The molecule has 4 rings (SSSR count). The molecule has 2 amide bonds. The third-order valence-corrected chi connectivity index (χ3v) is 4.66. The Kier molecular flexibility index (Phi) is 5.03. The molecule has 0 atom stereocenters. The van der Waals surface area contributed by atoms with Crippen LogP contribution >= 0.6 is 0 Å². The lowest BCUT2D eigenvalue weighted by Gasteiger charge is -2.10. The Bertz CT molecular complexity index is 1210. The molecule has 0 fully saturated rings. The number of nitrogens with zero attached hydrogens (tertiary/aromatic N) is 1. The quantitative estimate of drug-likeness (QED) is 0.520. The van der Waals surface area contributed by atoms with Crippen molar-refractivity contribution in [2.75, 3.05) is 10.6 Å². The lowest BCUT2D eigenvalue weighted by molar-refractivity contribution is 0.102. The van der Waals surface area contributed by atoms with Gasteiger partial charge < -0.3 is 10.6 Å². The van der Waals surface area contributed by atoms with Crippen LogP contribution in [0.25, 0.3) is 10.9 Å². The van der Waals surface area contributed by atoms with Gasteiger partial charge in [-0.05, 0) is 48.9 Å². The van der Waals surface area contributed by atoms with Crippen LogP contribution in [0.4, 0.5) is 11.4 Å². The highest BCUT2D eigenvalue weighted by Gasteiger charge is 2.13. The molecular weight excluding hydrogens is 362 g/mol.